The smallest absolute Gasteiger partial charge is 0.228 e. The highest BCUT2D eigenvalue weighted by molar-refractivity contribution is 5.95. The molecule has 1 amide bonds. The average Bonchev–Trinajstić information content (AvgIpc) is 2.40. The van der Waals surface area contributed by atoms with Gasteiger partial charge >= 0.3 is 0 Å². The fraction of sp³-hybridized carbons (Fsp3) is 0.188. The summed E-state index contributed by atoms with van der Waals surface area (Å²) in [6.45, 7) is 3.52. The van der Waals surface area contributed by atoms with Gasteiger partial charge in [0.05, 0.1) is 6.42 Å². The van der Waals surface area contributed by atoms with Crippen molar-refractivity contribution >= 4 is 11.6 Å². The Balaban J connectivity index is 2.16. The molecule has 2 aromatic carbocycles. The number of benzene rings is 2. The molecule has 5 heteroatoms. The number of rotatable bonds is 3. The molecule has 2 rings (SSSR count). The maximum absolute atomic E-state index is 12.0. The van der Waals surface area contributed by atoms with Gasteiger partial charge in [-0.05, 0) is 42.7 Å². The number of amides is 1. The average molecular weight is 287 g/mol. The second kappa shape index (κ2) is 5.75. The van der Waals surface area contributed by atoms with Crippen LogP contribution < -0.4 is 5.32 Å². The summed E-state index contributed by atoms with van der Waals surface area (Å²) in [4.78, 5) is 12.0. The minimum atomic E-state index is -0.365. The minimum Gasteiger partial charge on any atom is -0.507 e. The summed E-state index contributed by atoms with van der Waals surface area (Å²) in [5, 5.41) is 31.4. The molecule has 0 aromatic heterocycles. The SMILES string of the molecule is Cc1cc(CC(=O)Nc2c(O)cccc2O)cc(C)c1O. The Labute approximate surface area is 122 Å². The number of carbonyl (C=O) groups is 1. The number of nitrogens with one attached hydrogen (secondary N) is 1. The lowest BCUT2D eigenvalue weighted by molar-refractivity contribution is -0.115. The van der Waals surface area contributed by atoms with Crippen molar-refractivity contribution in [2.24, 2.45) is 0 Å². The molecule has 0 heterocycles. The van der Waals surface area contributed by atoms with Gasteiger partial charge in [0, 0.05) is 0 Å². The summed E-state index contributed by atoms with van der Waals surface area (Å²) in [7, 11) is 0. The molecule has 0 aliphatic rings. The Morgan fingerprint density at radius 3 is 2.10 bits per heavy atom. The highest BCUT2D eigenvalue weighted by atomic mass is 16.3. The van der Waals surface area contributed by atoms with Gasteiger partial charge in [-0.25, -0.2) is 0 Å². The lowest BCUT2D eigenvalue weighted by atomic mass is 10.0. The predicted octanol–water partition coefficient (Wildman–Crippen LogP) is 2.60. The van der Waals surface area contributed by atoms with E-state index in [0.717, 1.165) is 5.56 Å². The van der Waals surface area contributed by atoms with Crippen molar-refractivity contribution in [3.63, 3.8) is 0 Å². The van der Waals surface area contributed by atoms with Crippen LogP contribution >= 0.6 is 0 Å². The van der Waals surface area contributed by atoms with Crippen LogP contribution in [0.15, 0.2) is 30.3 Å². The van der Waals surface area contributed by atoms with Gasteiger partial charge in [0.25, 0.3) is 0 Å². The maximum Gasteiger partial charge on any atom is 0.228 e. The quantitative estimate of drug-likeness (QED) is 0.653. The summed E-state index contributed by atoms with van der Waals surface area (Å²) in [6.07, 6.45) is 0.0791. The second-order valence-electron chi connectivity index (χ2n) is 4.97. The standard InChI is InChI=1S/C16H17NO4/c1-9-6-11(7-10(2)16(9)21)8-14(20)17-15-12(18)4-3-5-13(15)19/h3-7,18-19,21H,8H2,1-2H3,(H,17,20). The number of hydrogen-bond acceptors (Lipinski definition) is 4. The van der Waals surface area contributed by atoms with Crippen LogP contribution in [0, 0.1) is 13.8 Å². The summed E-state index contributed by atoms with van der Waals surface area (Å²) >= 11 is 0. The van der Waals surface area contributed by atoms with Crippen molar-refractivity contribution in [3.05, 3.63) is 47.0 Å². The molecule has 0 fully saturated rings. The van der Waals surface area contributed by atoms with Crippen molar-refractivity contribution in [2.45, 2.75) is 20.3 Å². The van der Waals surface area contributed by atoms with Gasteiger partial charge in [0.15, 0.2) is 0 Å². The monoisotopic (exact) mass is 287 g/mol. The molecule has 0 radical (unpaired) electrons. The van der Waals surface area contributed by atoms with Gasteiger partial charge in [-0.1, -0.05) is 18.2 Å². The van der Waals surface area contributed by atoms with E-state index in [9.17, 15) is 20.1 Å². The largest absolute Gasteiger partial charge is 0.507 e. The highest BCUT2D eigenvalue weighted by Gasteiger charge is 2.12. The van der Waals surface area contributed by atoms with Crippen LogP contribution in [0.4, 0.5) is 5.69 Å². The molecule has 2 aromatic rings. The van der Waals surface area contributed by atoms with E-state index in [1.165, 1.54) is 18.2 Å². The van der Waals surface area contributed by atoms with Crippen molar-refractivity contribution < 1.29 is 20.1 Å². The number of aromatic hydroxyl groups is 3. The van der Waals surface area contributed by atoms with Crippen LogP contribution in [-0.4, -0.2) is 21.2 Å². The highest BCUT2D eigenvalue weighted by Crippen LogP contribution is 2.32. The number of carbonyl (C=O) groups excluding carboxylic acids is 1. The Kier molecular flexibility index (Phi) is 4.03. The van der Waals surface area contributed by atoms with E-state index in [4.69, 9.17) is 0 Å². The zero-order valence-corrected chi connectivity index (χ0v) is 11.8. The van der Waals surface area contributed by atoms with Crippen molar-refractivity contribution in [1.82, 2.24) is 0 Å². The third kappa shape index (κ3) is 3.25. The molecule has 0 saturated carbocycles. The number of phenols is 3. The summed E-state index contributed by atoms with van der Waals surface area (Å²) < 4.78 is 0. The first kappa shape index (κ1) is 14.7. The molecule has 0 saturated heterocycles. The van der Waals surface area contributed by atoms with Gasteiger partial charge in [0.2, 0.25) is 5.91 Å². The predicted molar refractivity (Wildman–Crippen MR) is 79.7 cm³/mol. The molecule has 5 nitrogen and oxygen atoms in total. The minimum absolute atomic E-state index is 0.00489. The van der Waals surface area contributed by atoms with E-state index >= 15 is 0 Å². The first-order valence-electron chi connectivity index (χ1n) is 6.48. The van der Waals surface area contributed by atoms with Gasteiger partial charge in [-0.15, -0.1) is 0 Å². The fourth-order valence-corrected chi connectivity index (χ4v) is 2.17. The zero-order valence-electron chi connectivity index (χ0n) is 11.8. The maximum atomic E-state index is 12.0. The van der Waals surface area contributed by atoms with Crippen LogP contribution in [-0.2, 0) is 11.2 Å². The Morgan fingerprint density at radius 1 is 1.05 bits per heavy atom. The second-order valence-corrected chi connectivity index (χ2v) is 4.97. The number of hydrogen-bond donors (Lipinski definition) is 4. The summed E-state index contributed by atoms with van der Waals surface area (Å²) in [5.74, 6) is -0.531. The van der Waals surface area contributed by atoms with Crippen LogP contribution in [0.25, 0.3) is 0 Å². The van der Waals surface area contributed by atoms with Crippen molar-refractivity contribution in [1.29, 1.82) is 0 Å². The van der Waals surface area contributed by atoms with Crippen molar-refractivity contribution in [2.75, 3.05) is 5.32 Å². The van der Waals surface area contributed by atoms with Crippen LogP contribution in [0.1, 0.15) is 16.7 Å². The molecular formula is C16H17NO4. The molecule has 0 bridgehead atoms. The Hall–Kier alpha value is -2.69. The summed E-state index contributed by atoms with van der Waals surface area (Å²) in [6, 6.07) is 7.70. The Bertz CT molecular complexity index is 651. The van der Waals surface area contributed by atoms with E-state index in [0.29, 0.717) is 11.1 Å². The van der Waals surface area contributed by atoms with Crippen LogP contribution in [0.5, 0.6) is 17.2 Å². The zero-order chi connectivity index (χ0) is 15.6. The van der Waals surface area contributed by atoms with E-state index in [1.54, 1.807) is 26.0 Å². The molecule has 0 atom stereocenters. The van der Waals surface area contributed by atoms with Crippen molar-refractivity contribution in [3.8, 4) is 17.2 Å². The Morgan fingerprint density at radius 2 is 1.57 bits per heavy atom. The molecule has 0 unspecified atom stereocenters. The van der Waals surface area contributed by atoms with Gasteiger partial charge < -0.3 is 20.6 Å². The molecule has 110 valence electrons. The normalized spacial score (nSPS) is 10.4. The number of para-hydroxylation sites is 1. The topological polar surface area (TPSA) is 89.8 Å². The third-order valence-corrected chi connectivity index (χ3v) is 3.20. The first-order valence-corrected chi connectivity index (χ1v) is 6.48. The van der Waals surface area contributed by atoms with Gasteiger partial charge in [-0.2, -0.15) is 0 Å². The van der Waals surface area contributed by atoms with Crippen LogP contribution in [0.2, 0.25) is 0 Å². The molecule has 4 N–H and O–H groups in total. The van der Waals surface area contributed by atoms with Crippen LogP contribution in [0.3, 0.4) is 0 Å². The molecular weight excluding hydrogens is 270 g/mol. The van der Waals surface area contributed by atoms with E-state index in [2.05, 4.69) is 5.32 Å². The van der Waals surface area contributed by atoms with E-state index in [1.807, 2.05) is 0 Å². The fourth-order valence-electron chi connectivity index (χ4n) is 2.17. The molecule has 0 spiro atoms. The van der Waals surface area contributed by atoms with E-state index in [-0.39, 0.29) is 35.3 Å². The molecule has 21 heavy (non-hydrogen) atoms. The van der Waals surface area contributed by atoms with E-state index < -0.39 is 0 Å². The number of anilines is 1. The lowest BCUT2D eigenvalue weighted by Crippen LogP contribution is -2.14. The number of aryl methyl sites for hydroxylation is 2. The van der Waals surface area contributed by atoms with Gasteiger partial charge in [-0.3, -0.25) is 4.79 Å². The molecule has 0 aliphatic carbocycles. The number of phenolic OH excluding ortho intramolecular Hbond substituents is 3. The lowest BCUT2D eigenvalue weighted by Gasteiger charge is -2.10. The third-order valence-electron chi connectivity index (χ3n) is 3.20. The van der Waals surface area contributed by atoms with Gasteiger partial charge in [0.1, 0.15) is 22.9 Å². The first-order chi connectivity index (χ1) is 9.88. The molecule has 0 aliphatic heterocycles. The summed E-state index contributed by atoms with van der Waals surface area (Å²) in [5.41, 5.74) is 2.14.